The lowest BCUT2D eigenvalue weighted by atomic mass is 10.0. The smallest absolute Gasteiger partial charge is 0.169 e. The van der Waals surface area contributed by atoms with Crippen LogP contribution in [0.2, 0.25) is 0 Å². The molecular formula is C15H17BrFNO. The van der Waals surface area contributed by atoms with Gasteiger partial charge in [0.15, 0.2) is 4.67 Å². The van der Waals surface area contributed by atoms with Gasteiger partial charge in [0.25, 0.3) is 0 Å². The number of halogens is 2. The maximum atomic E-state index is 14.3. The van der Waals surface area contributed by atoms with E-state index in [9.17, 15) is 4.39 Å². The Balaban J connectivity index is 2.39. The summed E-state index contributed by atoms with van der Waals surface area (Å²) in [5, 5.41) is 3.33. The van der Waals surface area contributed by atoms with Gasteiger partial charge in [-0.05, 0) is 53.5 Å². The van der Waals surface area contributed by atoms with Gasteiger partial charge in [-0.15, -0.1) is 0 Å². The van der Waals surface area contributed by atoms with Crippen molar-refractivity contribution in [3.05, 3.63) is 57.7 Å². The molecule has 1 atom stereocenters. The molecule has 4 heteroatoms. The van der Waals surface area contributed by atoms with Crippen LogP contribution in [0.5, 0.6) is 0 Å². The van der Waals surface area contributed by atoms with Crippen LogP contribution in [0.1, 0.15) is 36.3 Å². The van der Waals surface area contributed by atoms with E-state index in [0.29, 0.717) is 21.6 Å². The Morgan fingerprint density at radius 2 is 2.11 bits per heavy atom. The zero-order valence-electron chi connectivity index (χ0n) is 11.0. The lowest BCUT2D eigenvalue weighted by molar-refractivity contribution is 0.423. The summed E-state index contributed by atoms with van der Waals surface area (Å²) in [5.74, 6) is 0.536. The average molecular weight is 326 g/mol. The van der Waals surface area contributed by atoms with Crippen LogP contribution in [0.25, 0.3) is 0 Å². The molecule has 1 aromatic carbocycles. The van der Waals surface area contributed by atoms with Gasteiger partial charge < -0.3 is 9.73 Å². The van der Waals surface area contributed by atoms with Crippen LogP contribution < -0.4 is 5.32 Å². The van der Waals surface area contributed by atoms with Crippen molar-refractivity contribution in [2.45, 2.75) is 26.3 Å². The van der Waals surface area contributed by atoms with E-state index in [2.05, 4.69) is 28.2 Å². The van der Waals surface area contributed by atoms with Crippen LogP contribution in [0.4, 0.5) is 4.39 Å². The van der Waals surface area contributed by atoms with Crippen molar-refractivity contribution in [2.24, 2.45) is 0 Å². The molecule has 2 nitrogen and oxygen atoms in total. The predicted molar refractivity (Wildman–Crippen MR) is 77.7 cm³/mol. The van der Waals surface area contributed by atoms with Crippen molar-refractivity contribution in [3.63, 3.8) is 0 Å². The van der Waals surface area contributed by atoms with E-state index in [1.165, 1.54) is 0 Å². The second-order valence-corrected chi connectivity index (χ2v) is 5.29. The Morgan fingerprint density at radius 1 is 1.32 bits per heavy atom. The first kappa shape index (κ1) is 14.3. The lowest BCUT2D eigenvalue weighted by Crippen LogP contribution is -2.24. The fourth-order valence-electron chi connectivity index (χ4n) is 2.03. The van der Waals surface area contributed by atoms with E-state index in [-0.39, 0.29) is 11.9 Å². The molecule has 0 spiro atoms. The number of furan rings is 1. The van der Waals surface area contributed by atoms with Crippen molar-refractivity contribution in [3.8, 4) is 0 Å². The van der Waals surface area contributed by atoms with Crippen LogP contribution in [-0.4, -0.2) is 6.54 Å². The Kier molecular flexibility index (Phi) is 4.77. The predicted octanol–water partition coefficient (Wildman–Crippen LogP) is 4.58. The molecular weight excluding hydrogens is 309 g/mol. The van der Waals surface area contributed by atoms with Gasteiger partial charge in [-0.25, -0.2) is 4.39 Å². The minimum atomic E-state index is -0.258. The highest BCUT2D eigenvalue weighted by molar-refractivity contribution is 9.10. The highest BCUT2D eigenvalue weighted by atomic mass is 79.9. The molecule has 1 heterocycles. The Labute approximate surface area is 121 Å². The molecule has 2 rings (SSSR count). The van der Waals surface area contributed by atoms with Crippen molar-refractivity contribution in [1.82, 2.24) is 5.32 Å². The standard InChI is InChI=1S/C15H17BrFNO/c1-3-9-18-15(12-7-8-13(16)19-12)11-6-4-5-10(2)14(11)17/h4-8,15,18H,3,9H2,1-2H3. The van der Waals surface area contributed by atoms with Crippen molar-refractivity contribution < 1.29 is 8.81 Å². The van der Waals surface area contributed by atoms with Crippen molar-refractivity contribution in [1.29, 1.82) is 0 Å². The molecule has 0 aliphatic rings. The summed E-state index contributed by atoms with van der Waals surface area (Å²) in [4.78, 5) is 0. The molecule has 0 aliphatic carbocycles. The third-order valence-electron chi connectivity index (χ3n) is 3.01. The summed E-state index contributed by atoms with van der Waals surface area (Å²) in [5.41, 5.74) is 1.27. The maximum Gasteiger partial charge on any atom is 0.169 e. The Morgan fingerprint density at radius 3 is 2.74 bits per heavy atom. The molecule has 2 aromatic rings. The van der Waals surface area contributed by atoms with E-state index < -0.39 is 0 Å². The summed E-state index contributed by atoms with van der Waals surface area (Å²) in [6, 6.07) is 8.86. The van der Waals surface area contributed by atoms with E-state index in [4.69, 9.17) is 4.42 Å². The molecule has 0 fully saturated rings. The third-order valence-corrected chi connectivity index (χ3v) is 3.44. The molecule has 0 radical (unpaired) electrons. The largest absolute Gasteiger partial charge is 0.452 e. The number of hydrogen-bond acceptors (Lipinski definition) is 2. The van der Waals surface area contributed by atoms with Crippen LogP contribution in [0.3, 0.4) is 0 Å². The molecule has 0 aliphatic heterocycles. The van der Waals surface area contributed by atoms with E-state index in [1.54, 1.807) is 19.1 Å². The number of benzene rings is 1. The van der Waals surface area contributed by atoms with Gasteiger partial charge in [-0.3, -0.25) is 0 Å². The van der Waals surface area contributed by atoms with Crippen LogP contribution >= 0.6 is 15.9 Å². The number of aryl methyl sites for hydroxylation is 1. The SMILES string of the molecule is CCCNC(c1ccc(Br)o1)c1cccc(C)c1F. The van der Waals surface area contributed by atoms with Crippen molar-refractivity contribution in [2.75, 3.05) is 6.54 Å². The van der Waals surface area contributed by atoms with E-state index >= 15 is 0 Å². The first-order chi connectivity index (χ1) is 9.13. The molecule has 0 saturated carbocycles. The number of rotatable bonds is 5. The number of hydrogen-bond donors (Lipinski definition) is 1. The molecule has 0 amide bonds. The summed E-state index contributed by atoms with van der Waals surface area (Å²) in [6.07, 6.45) is 0.978. The van der Waals surface area contributed by atoms with Crippen molar-refractivity contribution >= 4 is 15.9 Å². The topological polar surface area (TPSA) is 25.2 Å². The fraction of sp³-hybridized carbons (Fsp3) is 0.333. The molecule has 102 valence electrons. The summed E-state index contributed by atoms with van der Waals surface area (Å²) in [6.45, 7) is 4.65. The maximum absolute atomic E-state index is 14.3. The first-order valence-electron chi connectivity index (χ1n) is 6.37. The van der Waals surface area contributed by atoms with Gasteiger partial charge in [0.05, 0.1) is 6.04 Å². The summed E-state index contributed by atoms with van der Waals surface area (Å²) in [7, 11) is 0. The summed E-state index contributed by atoms with van der Waals surface area (Å²) < 4.78 is 20.5. The van der Waals surface area contributed by atoms with Gasteiger partial charge in [0, 0.05) is 5.56 Å². The fourth-order valence-corrected chi connectivity index (χ4v) is 2.35. The second kappa shape index (κ2) is 6.35. The monoisotopic (exact) mass is 325 g/mol. The zero-order valence-corrected chi connectivity index (χ0v) is 12.6. The molecule has 0 bridgehead atoms. The first-order valence-corrected chi connectivity index (χ1v) is 7.16. The quantitative estimate of drug-likeness (QED) is 0.870. The Bertz CT molecular complexity index is 553. The third kappa shape index (κ3) is 3.25. The Hall–Kier alpha value is -1.13. The second-order valence-electron chi connectivity index (χ2n) is 4.51. The van der Waals surface area contributed by atoms with Gasteiger partial charge >= 0.3 is 0 Å². The number of nitrogens with one attached hydrogen (secondary N) is 1. The van der Waals surface area contributed by atoms with Gasteiger partial charge in [0.1, 0.15) is 11.6 Å². The molecule has 1 unspecified atom stereocenters. The average Bonchev–Trinajstić information content (AvgIpc) is 2.81. The highest BCUT2D eigenvalue weighted by Gasteiger charge is 2.21. The zero-order chi connectivity index (χ0) is 13.8. The van der Waals surface area contributed by atoms with E-state index in [1.807, 2.05) is 18.2 Å². The molecule has 1 N–H and O–H groups in total. The minimum absolute atomic E-state index is 0.177. The summed E-state index contributed by atoms with van der Waals surface area (Å²) >= 11 is 3.29. The van der Waals surface area contributed by atoms with Crippen LogP contribution in [0.15, 0.2) is 39.4 Å². The van der Waals surface area contributed by atoms with Gasteiger partial charge in [-0.2, -0.15) is 0 Å². The van der Waals surface area contributed by atoms with Crippen LogP contribution in [0, 0.1) is 12.7 Å². The molecule has 19 heavy (non-hydrogen) atoms. The van der Waals surface area contributed by atoms with Gasteiger partial charge in [0.2, 0.25) is 0 Å². The molecule has 0 saturated heterocycles. The minimum Gasteiger partial charge on any atom is -0.452 e. The van der Waals surface area contributed by atoms with E-state index in [0.717, 1.165) is 13.0 Å². The highest BCUT2D eigenvalue weighted by Crippen LogP contribution is 2.28. The lowest BCUT2D eigenvalue weighted by Gasteiger charge is -2.18. The normalized spacial score (nSPS) is 12.6. The molecule has 1 aromatic heterocycles. The van der Waals surface area contributed by atoms with Gasteiger partial charge in [-0.1, -0.05) is 25.1 Å². The van der Waals surface area contributed by atoms with Crippen LogP contribution in [-0.2, 0) is 0 Å².